The predicted octanol–water partition coefficient (Wildman–Crippen LogP) is 4.46. The van der Waals surface area contributed by atoms with E-state index in [0.717, 1.165) is 33.4 Å². The molecule has 6 nitrogen and oxygen atoms in total. The summed E-state index contributed by atoms with van der Waals surface area (Å²) in [6.45, 7) is 2.04. The fourth-order valence-electron chi connectivity index (χ4n) is 3.68. The summed E-state index contributed by atoms with van der Waals surface area (Å²) in [6, 6.07) is 17.6. The number of carbonyl (C=O) groups is 2. The maximum atomic E-state index is 13.7. The Morgan fingerprint density at radius 3 is 2.62 bits per heavy atom. The van der Waals surface area contributed by atoms with E-state index in [4.69, 9.17) is 0 Å². The molecule has 4 aromatic rings. The summed E-state index contributed by atoms with van der Waals surface area (Å²) >= 11 is 0. The van der Waals surface area contributed by atoms with Crippen LogP contribution in [0.4, 0.5) is 4.39 Å². The lowest BCUT2D eigenvalue weighted by molar-refractivity contribution is -0.121. The predicted molar refractivity (Wildman–Crippen MR) is 121 cm³/mol. The van der Waals surface area contributed by atoms with E-state index in [0.29, 0.717) is 12.8 Å². The van der Waals surface area contributed by atoms with E-state index in [1.165, 1.54) is 18.2 Å². The standard InChI is InChI=1S/C25H23FN4O2/c1-16-12-13-21-19(15-16)17(24(28-21)22-10-4-5-14-27-22)8-6-11-23(31)29-30-25(32)18-7-2-3-9-20(18)26/h2-5,7,9-10,12-15,28H,6,8,11H2,1H3,(H,29,31)(H,30,32). The molecule has 0 aliphatic carbocycles. The van der Waals surface area contributed by atoms with Gasteiger partial charge in [0.1, 0.15) is 5.82 Å². The summed E-state index contributed by atoms with van der Waals surface area (Å²) in [5.74, 6) is -1.68. The Bertz CT molecular complexity index is 1270. The van der Waals surface area contributed by atoms with Crippen LogP contribution in [0.25, 0.3) is 22.3 Å². The highest BCUT2D eigenvalue weighted by atomic mass is 19.1. The number of H-pyrrole nitrogens is 1. The number of fused-ring (bicyclic) bond motifs is 1. The lowest BCUT2D eigenvalue weighted by Gasteiger charge is -2.08. The summed E-state index contributed by atoms with van der Waals surface area (Å²) in [4.78, 5) is 32.2. The number of aryl methyl sites for hydroxylation is 2. The highest BCUT2D eigenvalue weighted by Crippen LogP contribution is 2.31. The van der Waals surface area contributed by atoms with Gasteiger partial charge in [-0.3, -0.25) is 25.4 Å². The lowest BCUT2D eigenvalue weighted by atomic mass is 10.0. The van der Waals surface area contributed by atoms with E-state index in [-0.39, 0.29) is 17.9 Å². The molecule has 0 fully saturated rings. The van der Waals surface area contributed by atoms with Crippen molar-refractivity contribution >= 4 is 22.7 Å². The summed E-state index contributed by atoms with van der Waals surface area (Å²) in [5.41, 5.74) is 9.56. The molecule has 162 valence electrons. The number of carbonyl (C=O) groups excluding carboxylic acids is 2. The molecule has 2 amide bonds. The molecule has 0 spiro atoms. The van der Waals surface area contributed by atoms with Crippen LogP contribution in [0, 0.1) is 12.7 Å². The van der Waals surface area contributed by atoms with Crippen molar-refractivity contribution in [1.29, 1.82) is 0 Å². The van der Waals surface area contributed by atoms with Crippen LogP contribution < -0.4 is 10.9 Å². The largest absolute Gasteiger partial charge is 0.353 e. The van der Waals surface area contributed by atoms with Gasteiger partial charge in [-0.25, -0.2) is 4.39 Å². The van der Waals surface area contributed by atoms with Crippen molar-refractivity contribution in [1.82, 2.24) is 20.8 Å². The minimum absolute atomic E-state index is 0.123. The highest BCUT2D eigenvalue weighted by molar-refractivity contribution is 5.95. The van der Waals surface area contributed by atoms with Gasteiger partial charge in [-0.1, -0.05) is 29.8 Å². The topological polar surface area (TPSA) is 86.9 Å². The van der Waals surface area contributed by atoms with Crippen molar-refractivity contribution in [3.05, 3.63) is 89.4 Å². The Kier molecular flexibility index (Phi) is 6.26. The Morgan fingerprint density at radius 2 is 1.84 bits per heavy atom. The molecular formula is C25H23FN4O2. The molecule has 4 rings (SSSR count). The molecule has 32 heavy (non-hydrogen) atoms. The lowest BCUT2D eigenvalue weighted by Crippen LogP contribution is -2.41. The Balaban J connectivity index is 1.42. The maximum Gasteiger partial charge on any atom is 0.272 e. The average Bonchev–Trinajstić information content (AvgIpc) is 3.16. The maximum absolute atomic E-state index is 13.7. The van der Waals surface area contributed by atoms with E-state index in [2.05, 4.69) is 33.0 Å². The Hall–Kier alpha value is -4.00. The summed E-state index contributed by atoms with van der Waals surface area (Å²) < 4.78 is 13.7. The monoisotopic (exact) mass is 430 g/mol. The first-order chi connectivity index (χ1) is 15.5. The second-order valence-electron chi connectivity index (χ2n) is 7.58. The molecule has 0 aliphatic rings. The van der Waals surface area contributed by atoms with Crippen molar-refractivity contribution in [2.24, 2.45) is 0 Å². The van der Waals surface area contributed by atoms with Gasteiger partial charge in [0.15, 0.2) is 0 Å². The number of rotatable bonds is 6. The van der Waals surface area contributed by atoms with Gasteiger partial charge in [0, 0.05) is 23.5 Å². The Labute approximate surface area is 184 Å². The van der Waals surface area contributed by atoms with Crippen molar-refractivity contribution in [2.75, 3.05) is 0 Å². The average molecular weight is 430 g/mol. The van der Waals surface area contributed by atoms with Crippen LogP contribution in [0.3, 0.4) is 0 Å². The molecule has 3 N–H and O–H groups in total. The number of hydrogen-bond acceptors (Lipinski definition) is 3. The van der Waals surface area contributed by atoms with Gasteiger partial charge >= 0.3 is 0 Å². The smallest absolute Gasteiger partial charge is 0.272 e. The van der Waals surface area contributed by atoms with Crippen LogP contribution >= 0.6 is 0 Å². The van der Waals surface area contributed by atoms with Gasteiger partial charge in [0.05, 0.1) is 17.0 Å². The zero-order chi connectivity index (χ0) is 22.5. The van der Waals surface area contributed by atoms with Crippen LogP contribution in [0.2, 0.25) is 0 Å². The molecule has 0 bridgehead atoms. The number of pyridine rings is 1. The van der Waals surface area contributed by atoms with Gasteiger partial charge in [-0.2, -0.15) is 0 Å². The number of amides is 2. The van der Waals surface area contributed by atoms with Gasteiger partial charge in [-0.05, 0) is 61.7 Å². The molecule has 0 aliphatic heterocycles. The molecule has 0 saturated heterocycles. The van der Waals surface area contributed by atoms with Crippen LogP contribution in [0.15, 0.2) is 66.9 Å². The number of hydrazine groups is 1. The number of nitrogens with one attached hydrogen (secondary N) is 3. The first-order valence-corrected chi connectivity index (χ1v) is 10.4. The molecule has 2 heterocycles. The number of halogens is 1. The third kappa shape index (κ3) is 4.67. The molecule has 0 radical (unpaired) electrons. The number of hydrogen-bond donors (Lipinski definition) is 3. The number of aromatic amines is 1. The summed E-state index contributed by atoms with van der Waals surface area (Å²) in [5, 5.41) is 1.11. The molecule has 0 saturated carbocycles. The van der Waals surface area contributed by atoms with E-state index in [1.807, 2.05) is 31.2 Å². The normalized spacial score (nSPS) is 10.8. The fraction of sp³-hybridized carbons (Fsp3) is 0.160. The zero-order valence-corrected chi connectivity index (χ0v) is 17.6. The third-order valence-electron chi connectivity index (χ3n) is 5.25. The summed E-state index contributed by atoms with van der Waals surface area (Å²) in [7, 11) is 0. The first-order valence-electron chi connectivity index (χ1n) is 10.4. The van der Waals surface area contributed by atoms with Gasteiger partial charge < -0.3 is 4.98 Å². The minimum Gasteiger partial charge on any atom is -0.353 e. The van der Waals surface area contributed by atoms with Crippen LogP contribution in [0.1, 0.15) is 34.3 Å². The molecule has 7 heteroatoms. The van der Waals surface area contributed by atoms with E-state index >= 15 is 0 Å². The molecule has 0 atom stereocenters. The van der Waals surface area contributed by atoms with Gasteiger partial charge in [-0.15, -0.1) is 0 Å². The van der Waals surface area contributed by atoms with Crippen molar-refractivity contribution in [3.8, 4) is 11.4 Å². The van der Waals surface area contributed by atoms with Gasteiger partial charge in [0.25, 0.3) is 5.91 Å². The third-order valence-corrected chi connectivity index (χ3v) is 5.25. The first kappa shape index (κ1) is 21.2. The number of aromatic nitrogens is 2. The fourth-order valence-corrected chi connectivity index (χ4v) is 3.68. The van der Waals surface area contributed by atoms with Crippen molar-refractivity contribution in [2.45, 2.75) is 26.2 Å². The van der Waals surface area contributed by atoms with Gasteiger partial charge in [0.2, 0.25) is 5.91 Å². The molecule has 2 aromatic carbocycles. The van der Waals surface area contributed by atoms with E-state index < -0.39 is 11.7 Å². The van der Waals surface area contributed by atoms with Crippen LogP contribution in [-0.4, -0.2) is 21.8 Å². The molecular weight excluding hydrogens is 407 g/mol. The van der Waals surface area contributed by atoms with E-state index in [9.17, 15) is 14.0 Å². The zero-order valence-electron chi connectivity index (χ0n) is 17.6. The second kappa shape index (κ2) is 9.43. The van der Waals surface area contributed by atoms with Crippen molar-refractivity contribution in [3.63, 3.8) is 0 Å². The van der Waals surface area contributed by atoms with Crippen LogP contribution in [-0.2, 0) is 11.2 Å². The Morgan fingerprint density at radius 1 is 1.03 bits per heavy atom. The molecule has 2 aromatic heterocycles. The summed E-state index contributed by atoms with van der Waals surface area (Å²) in [6.07, 6.45) is 3.19. The van der Waals surface area contributed by atoms with E-state index in [1.54, 1.807) is 12.3 Å². The number of nitrogens with zero attached hydrogens (tertiary/aromatic N) is 1. The molecule has 0 unspecified atom stereocenters. The second-order valence-corrected chi connectivity index (χ2v) is 7.58. The van der Waals surface area contributed by atoms with Crippen LogP contribution in [0.5, 0.6) is 0 Å². The minimum atomic E-state index is -0.694. The van der Waals surface area contributed by atoms with Crippen molar-refractivity contribution < 1.29 is 14.0 Å². The highest BCUT2D eigenvalue weighted by Gasteiger charge is 2.15. The number of benzene rings is 2. The SMILES string of the molecule is Cc1ccc2[nH]c(-c3ccccn3)c(CCCC(=O)NNC(=O)c3ccccc3F)c2c1. The quantitative estimate of drug-likeness (QED) is 0.395.